The lowest BCUT2D eigenvalue weighted by atomic mass is 10.2. The normalized spacial score (nSPS) is 10.6. The zero-order valence-corrected chi connectivity index (χ0v) is 9.47. The highest BCUT2D eigenvalue weighted by Crippen LogP contribution is 2.12. The number of hydrogen-bond acceptors (Lipinski definition) is 3. The number of halogens is 1. The van der Waals surface area contributed by atoms with E-state index in [1.165, 1.54) is 6.07 Å². The Hall–Kier alpha value is -1.06. The van der Waals surface area contributed by atoms with Crippen LogP contribution in [-0.2, 0) is 10.0 Å². The molecule has 1 N–H and O–H groups in total. The van der Waals surface area contributed by atoms with Gasteiger partial charge in [0.25, 0.3) is 0 Å². The number of nitrogens with zero attached hydrogens (tertiary/aromatic N) is 1. The molecule has 0 saturated heterocycles. The molecule has 1 aromatic rings. The topological polar surface area (TPSA) is 70.0 Å². The van der Waals surface area contributed by atoms with Crippen molar-refractivity contribution in [1.29, 1.82) is 5.26 Å². The molecule has 0 saturated carbocycles. The first-order valence-electron chi connectivity index (χ1n) is 3.64. The maximum Gasteiger partial charge on any atom is 0.242 e. The fraction of sp³-hybridized carbons (Fsp3) is 0.125. The van der Waals surface area contributed by atoms with Gasteiger partial charge in [0, 0.05) is 5.69 Å². The Labute approximate surface area is 90.7 Å². The maximum atomic E-state index is 11.1. The number of sulfonamides is 1. The zero-order chi connectivity index (χ0) is 10.6. The van der Waals surface area contributed by atoms with Crippen molar-refractivity contribution in [2.24, 2.45) is 0 Å². The van der Waals surface area contributed by atoms with Gasteiger partial charge in [0.1, 0.15) is 4.66 Å². The number of anilines is 1. The first kappa shape index (κ1) is 11.0. The standard InChI is InChI=1S/C8H7BrN2O2S/c9-6-14(12,13)11-8-3-1-2-7(4-8)5-10/h1-4,11H,6H2. The van der Waals surface area contributed by atoms with Crippen molar-refractivity contribution in [2.45, 2.75) is 0 Å². The summed E-state index contributed by atoms with van der Waals surface area (Å²) in [5.41, 5.74) is 0.809. The summed E-state index contributed by atoms with van der Waals surface area (Å²) in [7, 11) is -3.34. The molecule has 0 amide bonds. The molecule has 6 heteroatoms. The van der Waals surface area contributed by atoms with E-state index in [9.17, 15) is 8.42 Å². The van der Waals surface area contributed by atoms with Gasteiger partial charge in [0.15, 0.2) is 0 Å². The van der Waals surface area contributed by atoms with E-state index in [1.807, 2.05) is 6.07 Å². The van der Waals surface area contributed by atoms with Gasteiger partial charge >= 0.3 is 0 Å². The van der Waals surface area contributed by atoms with Gasteiger partial charge in [-0.25, -0.2) is 8.42 Å². The highest BCUT2D eigenvalue weighted by Gasteiger charge is 2.07. The first-order chi connectivity index (χ1) is 6.57. The summed E-state index contributed by atoms with van der Waals surface area (Å²) in [5.74, 6) is 0. The fourth-order valence-corrected chi connectivity index (χ4v) is 1.74. The largest absolute Gasteiger partial charge is 0.283 e. The van der Waals surface area contributed by atoms with E-state index in [-0.39, 0.29) is 4.66 Å². The lowest BCUT2D eigenvalue weighted by Gasteiger charge is -2.04. The minimum absolute atomic E-state index is 0.170. The molecule has 0 aliphatic rings. The molecular formula is C8H7BrN2O2S. The van der Waals surface area contributed by atoms with E-state index in [4.69, 9.17) is 5.26 Å². The van der Waals surface area contributed by atoms with Crippen molar-refractivity contribution < 1.29 is 8.42 Å². The van der Waals surface area contributed by atoms with Gasteiger partial charge in [-0.3, -0.25) is 4.72 Å². The van der Waals surface area contributed by atoms with Gasteiger partial charge in [-0.05, 0) is 18.2 Å². The van der Waals surface area contributed by atoms with Crippen LogP contribution in [0.4, 0.5) is 5.69 Å². The molecule has 0 aromatic heterocycles. The van der Waals surface area contributed by atoms with Crippen LogP contribution in [0.15, 0.2) is 24.3 Å². The van der Waals surface area contributed by atoms with Crippen LogP contribution in [0.3, 0.4) is 0 Å². The van der Waals surface area contributed by atoms with Crippen molar-refractivity contribution in [2.75, 3.05) is 9.38 Å². The van der Waals surface area contributed by atoms with E-state index >= 15 is 0 Å². The van der Waals surface area contributed by atoms with Crippen LogP contribution in [0, 0.1) is 11.3 Å². The van der Waals surface area contributed by atoms with Crippen molar-refractivity contribution >= 4 is 31.6 Å². The number of hydrogen-bond donors (Lipinski definition) is 1. The first-order valence-corrected chi connectivity index (χ1v) is 6.41. The van der Waals surface area contributed by atoms with Gasteiger partial charge < -0.3 is 0 Å². The second-order valence-corrected chi connectivity index (χ2v) is 5.54. The monoisotopic (exact) mass is 274 g/mol. The Balaban J connectivity index is 2.94. The summed E-state index contributed by atoms with van der Waals surface area (Å²) in [4.78, 5) is 0. The Morgan fingerprint density at radius 2 is 2.21 bits per heavy atom. The van der Waals surface area contributed by atoms with E-state index in [2.05, 4.69) is 20.7 Å². The molecule has 0 unspecified atom stereocenters. The van der Waals surface area contributed by atoms with E-state index in [1.54, 1.807) is 18.2 Å². The van der Waals surface area contributed by atoms with Crippen LogP contribution in [0.5, 0.6) is 0 Å². The van der Waals surface area contributed by atoms with Crippen LogP contribution in [0.2, 0.25) is 0 Å². The molecule has 14 heavy (non-hydrogen) atoms. The van der Waals surface area contributed by atoms with E-state index in [0.717, 1.165) is 0 Å². The molecule has 0 spiro atoms. The van der Waals surface area contributed by atoms with Gasteiger partial charge in [-0.1, -0.05) is 22.0 Å². The molecule has 0 aliphatic carbocycles. The number of benzene rings is 1. The molecule has 0 fully saturated rings. The molecular weight excluding hydrogens is 268 g/mol. The molecule has 0 atom stereocenters. The molecule has 0 bridgehead atoms. The molecule has 4 nitrogen and oxygen atoms in total. The second-order valence-electron chi connectivity index (χ2n) is 2.52. The van der Waals surface area contributed by atoms with Crippen molar-refractivity contribution in [3.8, 4) is 6.07 Å². The average molecular weight is 275 g/mol. The van der Waals surface area contributed by atoms with Gasteiger partial charge in [0.2, 0.25) is 10.0 Å². The highest BCUT2D eigenvalue weighted by molar-refractivity contribution is 9.10. The third kappa shape index (κ3) is 3.01. The summed E-state index contributed by atoms with van der Waals surface area (Å²) in [5, 5.41) is 8.58. The Bertz CT molecular complexity index is 464. The van der Waals surface area contributed by atoms with E-state index in [0.29, 0.717) is 11.3 Å². The summed E-state index contributed by atoms with van der Waals surface area (Å²) in [6.07, 6.45) is 0. The zero-order valence-electron chi connectivity index (χ0n) is 7.07. The van der Waals surface area contributed by atoms with Crippen LogP contribution in [0.1, 0.15) is 5.56 Å². The van der Waals surface area contributed by atoms with Crippen molar-refractivity contribution in [3.05, 3.63) is 29.8 Å². The summed E-state index contributed by atoms with van der Waals surface area (Å²) in [6, 6.07) is 8.20. The Kier molecular flexibility index (Phi) is 3.49. The minimum Gasteiger partial charge on any atom is -0.283 e. The molecule has 1 aromatic carbocycles. The Morgan fingerprint density at radius 3 is 2.79 bits per heavy atom. The third-order valence-electron chi connectivity index (χ3n) is 1.41. The molecule has 0 radical (unpaired) electrons. The van der Waals surface area contributed by atoms with Gasteiger partial charge in [-0.15, -0.1) is 0 Å². The number of rotatable bonds is 3. The van der Waals surface area contributed by atoms with E-state index < -0.39 is 10.0 Å². The SMILES string of the molecule is N#Cc1cccc(NS(=O)(=O)CBr)c1. The summed E-state index contributed by atoms with van der Waals surface area (Å²) < 4.78 is 24.4. The Morgan fingerprint density at radius 1 is 1.50 bits per heavy atom. The predicted molar refractivity (Wildman–Crippen MR) is 57.5 cm³/mol. The number of alkyl halides is 1. The van der Waals surface area contributed by atoms with Gasteiger partial charge in [0.05, 0.1) is 11.6 Å². The molecule has 1 rings (SSSR count). The van der Waals surface area contributed by atoms with Gasteiger partial charge in [-0.2, -0.15) is 5.26 Å². The van der Waals surface area contributed by atoms with Crippen LogP contribution in [-0.4, -0.2) is 13.1 Å². The lowest BCUT2D eigenvalue weighted by molar-refractivity contribution is 0.606. The van der Waals surface area contributed by atoms with Crippen molar-refractivity contribution in [3.63, 3.8) is 0 Å². The number of nitriles is 1. The summed E-state index contributed by atoms with van der Waals surface area (Å²) >= 11 is 2.85. The lowest BCUT2D eigenvalue weighted by Crippen LogP contribution is -2.13. The quantitative estimate of drug-likeness (QED) is 0.853. The predicted octanol–water partition coefficient (Wildman–Crippen LogP) is 1.65. The molecule has 0 heterocycles. The van der Waals surface area contributed by atoms with Crippen molar-refractivity contribution in [1.82, 2.24) is 0 Å². The summed E-state index contributed by atoms with van der Waals surface area (Å²) in [6.45, 7) is 0. The smallest absolute Gasteiger partial charge is 0.242 e. The maximum absolute atomic E-state index is 11.1. The fourth-order valence-electron chi connectivity index (χ4n) is 0.859. The number of nitrogens with one attached hydrogen (secondary N) is 1. The van der Waals surface area contributed by atoms with Crippen LogP contribution >= 0.6 is 15.9 Å². The van der Waals surface area contributed by atoms with Crippen LogP contribution < -0.4 is 4.72 Å². The second kappa shape index (κ2) is 4.44. The molecule has 0 aliphatic heterocycles. The average Bonchev–Trinajstić information content (AvgIpc) is 2.17. The third-order valence-corrected chi connectivity index (χ3v) is 4.05. The highest BCUT2D eigenvalue weighted by atomic mass is 79.9. The minimum atomic E-state index is -3.34. The van der Waals surface area contributed by atoms with Crippen LogP contribution in [0.25, 0.3) is 0 Å². The molecule has 74 valence electrons.